The molecule has 0 amide bonds. The highest BCUT2D eigenvalue weighted by atomic mass is 16.5. The molecule has 2 N–H and O–H groups in total. The van der Waals surface area contributed by atoms with Crippen LogP contribution in [0.5, 0.6) is 0 Å². The first-order valence-electron chi connectivity index (χ1n) is 19.0. The molecule has 1 heterocycles. The molecule has 7 atom stereocenters. The zero-order chi connectivity index (χ0) is 36.5. The summed E-state index contributed by atoms with van der Waals surface area (Å²) in [5.41, 5.74) is 4.16. The van der Waals surface area contributed by atoms with Crippen LogP contribution in [0.2, 0.25) is 0 Å². The minimum atomic E-state index is -0.375. The summed E-state index contributed by atoms with van der Waals surface area (Å²) in [4.78, 5) is 0. The van der Waals surface area contributed by atoms with Crippen LogP contribution >= 0.6 is 0 Å². The van der Waals surface area contributed by atoms with Crippen LogP contribution in [0.3, 0.4) is 0 Å². The average Bonchev–Trinajstić information content (AvgIpc) is 3.18. The van der Waals surface area contributed by atoms with Crippen LogP contribution in [-0.2, 0) is 18.9 Å². The lowest BCUT2D eigenvalue weighted by Crippen LogP contribution is -2.46. The van der Waals surface area contributed by atoms with E-state index in [-0.39, 0.29) is 42.1 Å². The fourth-order valence-corrected chi connectivity index (χ4v) is 7.37. The SMILES string of the molecule is CCCOCCOCC(c1ccccc1)N(O)C(c1ccccc1)C(C)COCCCOC1CC(c2ccccc2)N(O)C(c2ccccc2)C1C. The number of benzene rings is 4. The summed E-state index contributed by atoms with van der Waals surface area (Å²) in [5.74, 6) is 0.0560. The second-order valence-electron chi connectivity index (χ2n) is 13.9. The molecule has 8 nitrogen and oxygen atoms in total. The van der Waals surface area contributed by atoms with Gasteiger partial charge in [-0.3, -0.25) is 0 Å². The molecule has 0 radical (unpaired) electrons. The largest absolute Gasteiger partial charge is 0.381 e. The Bertz CT molecular complexity index is 1520. The summed E-state index contributed by atoms with van der Waals surface area (Å²) in [6.45, 7) is 9.97. The molecule has 1 fully saturated rings. The van der Waals surface area contributed by atoms with Gasteiger partial charge in [-0.1, -0.05) is 142 Å². The highest BCUT2D eigenvalue weighted by Gasteiger charge is 2.42. The summed E-state index contributed by atoms with van der Waals surface area (Å²) in [5, 5.41) is 26.4. The zero-order valence-corrected chi connectivity index (χ0v) is 31.1. The second kappa shape index (κ2) is 21.3. The standard InChI is InChI=1S/C44H58N2O6/c1-4-26-49-29-30-51-33-41(37-20-11-6-12-21-37)46(48)43(38-22-13-7-14-23-38)34(2)32-50-27-17-28-52-42-31-40(36-18-9-5-10-19-36)45(47)44(35(42)3)39-24-15-8-16-25-39/h5-16,18-25,34-35,40-44,47-48H,4,17,26-33H2,1-3H3. The topological polar surface area (TPSA) is 83.9 Å². The van der Waals surface area contributed by atoms with Gasteiger partial charge in [0.05, 0.1) is 56.7 Å². The van der Waals surface area contributed by atoms with Gasteiger partial charge in [0.1, 0.15) is 0 Å². The van der Waals surface area contributed by atoms with Crippen molar-refractivity contribution in [1.82, 2.24) is 10.1 Å². The average molecular weight is 711 g/mol. The summed E-state index contributed by atoms with van der Waals surface area (Å²) >= 11 is 0. The third-order valence-electron chi connectivity index (χ3n) is 10.1. The van der Waals surface area contributed by atoms with E-state index in [2.05, 4.69) is 57.2 Å². The van der Waals surface area contributed by atoms with E-state index in [4.69, 9.17) is 18.9 Å². The molecule has 4 aromatic carbocycles. The fourth-order valence-electron chi connectivity index (χ4n) is 7.37. The lowest BCUT2D eigenvalue weighted by atomic mass is 9.80. The second-order valence-corrected chi connectivity index (χ2v) is 13.9. The third-order valence-corrected chi connectivity index (χ3v) is 10.1. The maximum absolute atomic E-state index is 11.9. The van der Waals surface area contributed by atoms with Crippen molar-refractivity contribution in [2.24, 2.45) is 11.8 Å². The number of hydrogen-bond acceptors (Lipinski definition) is 8. The quantitative estimate of drug-likeness (QED) is 0.0654. The Morgan fingerprint density at radius 2 is 1.25 bits per heavy atom. The predicted octanol–water partition coefficient (Wildman–Crippen LogP) is 9.25. The number of hydroxylamine groups is 4. The summed E-state index contributed by atoms with van der Waals surface area (Å²) < 4.78 is 24.5. The molecule has 1 aliphatic rings. The number of piperidine rings is 1. The van der Waals surface area contributed by atoms with Gasteiger partial charge in [-0.05, 0) is 41.5 Å². The first kappa shape index (κ1) is 39.8. The van der Waals surface area contributed by atoms with Crippen LogP contribution in [0.4, 0.5) is 0 Å². The maximum atomic E-state index is 11.9. The van der Waals surface area contributed by atoms with Gasteiger partial charge in [0.15, 0.2) is 0 Å². The van der Waals surface area contributed by atoms with E-state index in [1.807, 2.05) is 84.9 Å². The summed E-state index contributed by atoms with van der Waals surface area (Å²) in [7, 11) is 0. The predicted molar refractivity (Wildman–Crippen MR) is 204 cm³/mol. The molecular formula is C44H58N2O6. The first-order chi connectivity index (χ1) is 25.5. The monoisotopic (exact) mass is 710 g/mol. The molecule has 0 saturated carbocycles. The Morgan fingerprint density at radius 3 is 1.88 bits per heavy atom. The normalized spacial score (nSPS) is 21.2. The highest BCUT2D eigenvalue weighted by Crippen LogP contribution is 2.45. The van der Waals surface area contributed by atoms with Gasteiger partial charge in [-0.15, -0.1) is 0 Å². The summed E-state index contributed by atoms with van der Waals surface area (Å²) in [6, 6.07) is 39.5. The van der Waals surface area contributed by atoms with Gasteiger partial charge in [0.25, 0.3) is 0 Å². The molecule has 8 heteroatoms. The Morgan fingerprint density at radius 1 is 0.692 bits per heavy atom. The third kappa shape index (κ3) is 11.0. The Labute approximate surface area is 310 Å². The fraction of sp³-hybridized carbons (Fsp3) is 0.455. The van der Waals surface area contributed by atoms with Crippen molar-refractivity contribution in [2.75, 3.05) is 46.2 Å². The molecule has 0 aromatic heterocycles. The molecule has 1 saturated heterocycles. The van der Waals surface area contributed by atoms with Gasteiger partial charge >= 0.3 is 0 Å². The lowest BCUT2D eigenvalue weighted by Gasteiger charge is -2.46. The van der Waals surface area contributed by atoms with Gasteiger partial charge in [-0.2, -0.15) is 10.1 Å². The van der Waals surface area contributed by atoms with E-state index in [0.29, 0.717) is 52.7 Å². The van der Waals surface area contributed by atoms with Crippen LogP contribution in [0.1, 0.15) is 86.5 Å². The molecule has 0 spiro atoms. The van der Waals surface area contributed by atoms with Gasteiger partial charge in [0, 0.05) is 31.7 Å². The first-order valence-corrected chi connectivity index (χ1v) is 19.0. The number of ether oxygens (including phenoxy) is 4. The number of rotatable bonds is 21. The van der Waals surface area contributed by atoms with Crippen molar-refractivity contribution in [2.45, 2.75) is 70.3 Å². The molecule has 4 aromatic rings. The molecule has 7 unspecified atom stereocenters. The summed E-state index contributed by atoms with van der Waals surface area (Å²) in [6.07, 6.45) is 2.38. The molecule has 0 aliphatic carbocycles. The minimum Gasteiger partial charge on any atom is -0.381 e. The van der Waals surface area contributed by atoms with Crippen molar-refractivity contribution in [3.8, 4) is 0 Å². The number of nitrogens with zero attached hydrogens (tertiary/aromatic N) is 2. The van der Waals surface area contributed by atoms with E-state index in [1.54, 1.807) is 0 Å². The number of hydrogen-bond donors (Lipinski definition) is 2. The lowest BCUT2D eigenvalue weighted by molar-refractivity contribution is -0.224. The van der Waals surface area contributed by atoms with Crippen LogP contribution in [-0.4, -0.2) is 72.9 Å². The minimum absolute atomic E-state index is 0.0282. The molecule has 0 bridgehead atoms. The maximum Gasteiger partial charge on any atom is 0.0840 e. The smallest absolute Gasteiger partial charge is 0.0840 e. The highest BCUT2D eigenvalue weighted by molar-refractivity contribution is 5.26. The van der Waals surface area contributed by atoms with E-state index in [0.717, 1.165) is 35.1 Å². The van der Waals surface area contributed by atoms with Gasteiger partial charge in [0.2, 0.25) is 0 Å². The van der Waals surface area contributed by atoms with Crippen LogP contribution in [0.15, 0.2) is 121 Å². The van der Waals surface area contributed by atoms with Crippen molar-refractivity contribution < 1.29 is 29.4 Å². The van der Waals surface area contributed by atoms with E-state index in [1.165, 1.54) is 10.1 Å². The van der Waals surface area contributed by atoms with Crippen molar-refractivity contribution in [3.63, 3.8) is 0 Å². The van der Waals surface area contributed by atoms with Crippen molar-refractivity contribution >= 4 is 0 Å². The molecule has 52 heavy (non-hydrogen) atoms. The Hall–Kier alpha value is -3.44. The van der Waals surface area contributed by atoms with Crippen molar-refractivity contribution in [1.29, 1.82) is 0 Å². The van der Waals surface area contributed by atoms with Crippen LogP contribution in [0, 0.1) is 11.8 Å². The van der Waals surface area contributed by atoms with Crippen LogP contribution in [0.25, 0.3) is 0 Å². The van der Waals surface area contributed by atoms with Gasteiger partial charge < -0.3 is 29.4 Å². The molecule has 5 rings (SSSR count). The van der Waals surface area contributed by atoms with E-state index >= 15 is 0 Å². The molecule has 280 valence electrons. The Kier molecular flexibility index (Phi) is 16.3. The van der Waals surface area contributed by atoms with E-state index < -0.39 is 0 Å². The zero-order valence-electron chi connectivity index (χ0n) is 31.1. The van der Waals surface area contributed by atoms with Crippen molar-refractivity contribution in [3.05, 3.63) is 144 Å². The molecule has 1 aliphatic heterocycles. The van der Waals surface area contributed by atoms with Gasteiger partial charge in [-0.25, -0.2) is 0 Å². The Balaban J connectivity index is 1.18. The van der Waals surface area contributed by atoms with E-state index in [9.17, 15) is 10.4 Å². The van der Waals surface area contributed by atoms with Crippen LogP contribution < -0.4 is 0 Å². The molecular weight excluding hydrogens is 652 g/mol.